The molecule has 6 heteroatoms. The van der Waals surface area contributed by atoms with E-state index in [4.69, 9.17) is 14.7 Å². The maximum Gasteiger partial charge on any atom is 0.252 e. The molecule has 2 rings (SSSR count). The molecule has 0 fully saturated rings. The lowest BCUT2D eigenvalue weighted by atomic mass is 10.1. The van der Waals surface area contributed by atoms with Crippen LogP contribution in [0.15, 0.2) is 47.4 Å². The van der Waals surface area contributed by atoms with E-state index in [0.717, 1.165) is 10.5 Å². The number of hydrogen-bond donors (Lipinski definition) is 1. The van der Waals surface area contributed by atoms with Crippen LogP contribution in [0.4, 0.5) is 0 Å². The van der Waals surface area contributed by atoms with Crippen LogP contribution >= 0.6 is 11.8 Å². The normalized spacial score (nSPS) is 9.88. The Balaban J connectivity index is 2.07. The molecule has 2 aromatic carbocycles. The quantitative estimate of drug-likeness (QED) is 0.782. The van der Waals surface area contributed by atoms with Gasteiger partial charge in [0.05, 0.1) is 31.6 Å². The molecule has 0 saturated heterocycles. The highest BCUT2D eigenvalue weighted by atomic mass is 32.2. The van der Waals surface area contributed by atoms with Gasteiger partial charge in [0, 0.05) is 11.4 Å². The first-order valence-corrected chi connectivity index (χ1v) is 8.26. The molecule has 0 bridgehead atoms. The molecule has 0 spiro atoms. The van der Waals surface area contributed by atoms with Gasteiger partial charge in [-0.1, -0.05) is 18.2 Å². The summed E-state index contributed by atoms with van der Waals surface area (Å²) < 4.78 is 10.5. The summed E-state index contributed by atoms with van der Waals surface area (Å²) >= 11 is 1.35. The SMILES string of the molecule is COc1ccc(CNC(=O)c2ccccc2SCC#N)cc1OC. The Morgan fingerprint density at radius 2 is 1.92 bits per heavy atom. The van der Waals surface area contributed by atoms with Crippen LogP contribution in [0.5, 0.6) is 11.5 Å². The molecule has 0 radical (unpaired) electrons. The van der Waals surface area contributed by atoms with Crippen LogP contribution in [0, 0.1) is 11.3 Å². The third kappa shape index (κ3) is 4.43. The first-order valence-electron chi connectivity index (χ1n) is 7.27. The monoisotopic (exact) mass is 342 g/mol. The molecule has 1 amide bonds. The topological polar surface area (TPSA) is 71.3 Å². The molecule has 0 aliphatic heterocycles. The molecule has 24 heavy (non-hydrogen) atoms. The number of rotatable bonds is 7. The Morgan fingerprint density at radius 3 is 2.62 bits per heavy atom. The Bertz CT molecular complexity index is 756. The van der Waals surface area contributed by atoms with Gasteiger partial charge in [0.25, 0.3) is 5.91 Å². The average molecular weight is 342 g/mol. The lowest BCUT2D eigenvalue weighted by Gasteiger charge is -2.11. The third-order valence-electron chi connectivity index (χ3n) is 3.32. The number of carbonyl (C=O) groups excluding carboxylic acids is 1. The molecule has 0 heterocycles. The minimum atomic E-state index is -0.175. The summed E-state index contributed by atoms with van der Waals surface area (Å²) in [7, 11) is 3.15. The molecule has 0 aliphatic carbocycles. The summed E-state index contributed by atoms with van der Waals surface area (Å²) in [6.45, 7) is 0.371. The number of hydrogen-bond acceptors (Lipinski definition) is 5. The lowest BCUT2D eigenvalue weighted by molar-refractivity contribution is 0.0948. The van der Waals surface area contributed by atoms with E-state index in [1.54, 1.807) is 26.4 Å². The third-order valence-corrected chi connectivity index (χ3v) is 4.27. The highest BCUT2D eigenvalue weighted by Gasteiger charge is 2.11. The summed E-state index contributed by atoms with van der Waals surface area (Å²) in [4.78, 5) is 13.2. The van der Waals surface area contributed by atoms with E-state index in [9.17, 15) is 4.79 Å². The number of benzene rings is 2. The number of nitriles is 1. The van der Waals surface area contributed by atoms with Crippen molar-refractivity contribution in [3.05, 3.63) is 53.6 Å². The summed E-state index contributed by atoms with van der Waals surface area (Å²) in [6.07, 6.45) is 0. The van der Waals surface area contributed by atoms with Crippen LogP contribution in [0.25, 0.3) is 0 Å². The van der Waals surface area contributed by atoms with E-state index < -0.39 is 0 Å². The molecular weight excluding hydrogens is 324 g/mol. The van der Waals surface area contributed by atoms with Crippen molar-refractivity contribution in [1.29, 1.82) is 5.26 Å². The second kappa shape index (κ2) is 8.85. The molecule has 124 valence electrons. The van der Waals surface area contributed by atoms with E-state index in [1.807, 2.05) is 30.3 Å². The van der Waals surface area contributed by atoms with Gasteiger partial charge in [0.15, 0.2) is 11.5 Å². The average Bonchev–Trinajstić information content (AvgIpc) is 2.64. The van der Waals surface area contributed by atoms with Crippen LogP contribution in [-0.4, -0.2) is 25.9 Å². The van der Waals surface area contributed by atoms with Crippen molar-refractivity contribution >= 4 is 17.7 Å². The number of methoxy groups -OCH3 is 2. The van der Waals surface area contributed by atoms with Gasteiger partial charge in [-0.05, 0) is 29.8 Å². The fraction of sp³-hybridized carbons (Fsp3) is 0.222. The number of amides is 1. The van der Waals surface area contributed by atoms with Crippen molar-refractivity contribution in [1.82, 2.24) is 5.32 Å². The first-order chi connectivity index (χ1) is 11.7. The minimum Gasteiger partial charge on any atom is -0.493 e. The molecule has 0 atom stereocenters. The van der Waals surface area contributed by atoms with E-state index in [1.165, 1.54) is 11.8 Å². The Labute approximate surface area is 145 Å². The van der Waals surface area contributed by atoms with Gasteiger partial charge < -0.3 is 14.8 Å². The van der Waals surface area contributed by atoms with Gasteiger partial charge in [-0.15, -0.1) is 11.8 Å². The highest BCUT2D eigenvalue weighted by Crippen LogP contribution is 2.27. The maximum absolute atomic E-state index is 12.4. The Morgan fingerprint density at radius 1 is 1.17 bits per heavy atom. The molecule has 0 unspecified atom stereocenters. The summed E-state index contributed by atoms with van der Waals surface area (Å²) in [5.41, 5.74) is 1.47. The zero-order valence-electron chi connectivity index (χ0n) is 13.5. The first kappa shape index (κ1) is 17.7. The summed E-state index contributed by atoms with van der Waals surface area (Å²) in [5.74, 6) is 1.39. The predicted molar refractivity (Wildman–Crippen MR) is 93.5 cm³/mol. The fourth-order valence-corrected chi connectivity index (χ4v) is 2.87. The minimum absolute atomic E-state index is 0.175. The van der Waals surface area contributed by atoms with Crippen LogP contribution in [0.3, 0.4) is 0 Å². The van der Waals surface area contributed by atoms with E-state index in [0.29, 0.717) is 29.4 Å². The maximum atomic E-state index is 12.4. The largest absolute Gasteiger partial charge is 0.493 e. The summed E-state index contributed by atoms with van der Waals surface area (Å²) in [5, 5.41) is 11.6. The fourth-order valence-electron chi connectivity index (χ4n) is 2.16. The van der Waals surface area contributed by atoms with Crippen LogP contribution in [-0.2, 0) is 6.54 Å². The van der Waals surface area contributed by atoms with Crippen molar-refractivity contribution in [2.45, 2.75) is 11.4 Å². The molecule has 5 nitrogen and oxygen atoms in total. The van der Waals surface area contributed by atoms with E-state index in [-0.39, 0.29) is 5.91 Å². The van der Waals surface area contributed by atoms with Gasteiger partial charge >= 0.3 is 0 Å². The molecule has 2 aromatic rings. The van der Waals surface area contributed by atoms with Crippen molar-refractivity contribution < 1.29 is 14.3 Å². The van der Waals surface area contributed by atoms with Gasteiger partial charge in [-0.2, -0.15) is 5.26 Å². The number of nitrogens with zero attached hydrogens (tertiary/aromatic N) is 1. The van der Waals surface area contributed by atoms with Crippen molar-refractivity contribution in [2.24, 2.45) is 0 Å². The van der Waals surface area contributed by atoms with Gasteiger partial charge in [-0.25, -0.2) is 0 Å². The van der Waals surface area contributed by atoms with Crippen LogP contribution < -0.4 is 14.8 Å². The van der Waals surface area contributed by atoms with Crippen molar-refractivity contribution in [3.63, 3.8) is 0 Å². The summed E-state index contributed by atoms with van der Waals surface area (Å²) in [6, 6.07) is 14.8. The molecule has 1 N–H and O–H groups in total. The van der Waals surface area contributed by atoms with Gasteiger partial charge in [0.2, 0.25) is 0 Å². The second-order valence-corrected chi connectivity index (χ2v) is 5.83. The van der Waals surface area contributed by atoms with Crippen molar-refractivity contribution in [2.75, 3.05) is 20.0 Å². The van der Waals surface area contributed by atoms with Crippen LogP contribution in [0.1, 0.15) is 15.9 Å². The van der Waals surface area contributed by atoms with E-state index >= 15 is 0 Å². The number of ether oxygens (including phenoxy) is 2. The van der Waals surface area contributed by atoms with Crippen LogP contribution in [0.2, 0.25) is 0 Å². The number of thioether (sulfide) groups is 1. The molecular formula is C18H18N2O3S. The molecule has 0 aliphatic rings. The van der Waals surface area contributed by atoms with Crippen molar-refractivity contribution in [3.8, 4) is 17.6 Å². The second-order valence-electron chi connectivity index (χ2n) is 4.81. The van der Waals surface area contributed by atoms with Gasteiger partial charge in [0.1, 0.15) is 0 Å². The number of carbonyl (C=O) groups is 1. The Kier molecular flexibility index (Phi) is 6.52. The molecule has 0 saturated carbocycles. The highest BCUT2D eigenvalue weighted by molar-refractivity contribution is 7.99. The zero-order valence-corrected chi connectivity index (χ0v) is 14.4. The standard InChI is InChI=1S/C18H18N2O3S/c1-22-15-8-7-13(11-16(15)23-2)12-20-18(21)14-5-3-4-6-17(14)24-10-9-19/h3-8,11H,10,12H2,1-2H3,(H,20,21). The van der Waals surface area contributed by atoms with E-state index in [2.05, 4.69) is 11.4 Å². The Hall–Kier alpha value is -2.65. The smallest absolute Gasteiger partial charge is 0.252 e. The van der Waals surface area contributed by atoms with Gasteiger partial charge in [-0.3, -0.25) is 4.79 Å². The predicted octanol–water partition coefficient (Wildman–Crippen LogP) is 3.25. The lowest BCUT2D eigenvalue weighted by Crippen LogP contribution is -2.23. The molecule has 0 aromatic heterocycles. The zero-order chi connectivity index (χ0) is 17.4. The number of nitrogens with one attached hydrogen (secondary N) is 1.